The molecule has 0 heterocycles. The lowest BCUT2D eigenvalue weighted by molar-refractivity contribution is -0.122. The molecule has 1 aliphatic carbocycles. The van der Waals surface area contributed by atoms with Gasteiger partial charge in [0.1, 0.15) is 5.75 Å². The molecule has 110 valence electrons. The first-order valence-electron chi connectivity index (χ1n) is 6.97. The molecule has 2 unspecified atom stereocenters. The molecule has 1 aliphatic rings. The van der Waals surface area contributed by atoms with Gasteiger partial charge in [0.25, 0.3) is 0 Å². The van der Waals surface area contributed by atoms with E-state index in [0.29, 0.717) is 5.78 Å². The van der Waals surface area contributed by atoms with Crippen LogP contribution in [-0.2, 0) is 10.2 Å². The highest BCUT2D eigenvalue weighted by Crippen LogP contribution is 2.44. The van der Waals surface area contributed by atoms with Crippen LogP contribution in [0.3, 0.4) is 0 Å². The van der Waals surface area contributed by atoms with Crippen molar-refractivity contribution in [3.8, 4) is 5.75 Å². The maximum atomic E-state index is 12.7. The number of alkyl halides is 1. The Kier molecular flexibility index (Phi) is 4.86. The molecule has 0 aromatic heterocycles. The van der Waals surface area contributed by atoms with Gasteiger partial charge in [-0.1, -0.05) is 28.1 Å². The van der Waals surface area contributed by atoms with Gasteiger partial charge in [-0.2, -0.15) is 0 Å². The quantitative estimate of drug-likeness (QED) is 0.772. The standard InChI is InChI=1S/C16H22BrNO2/c1-18(2)11-10-16(9-8-14(17)15(16)19)12-4-6-13(20-3)7-5-12/h4-7,14H,8-11H2,1-3H3. The molecule has 0 radical (unpaired) electrons. The lowest BCUT2D eigenvalue weighted by Gasteiger charge is -2.30. The van der Waals surface area contributed by atoms with Gasteiger partial charge in [0.05, 0.1) is 17.4 Å². The van der Waals surface area contributed by atoms with Crippen molar-refractivity contribution in [3.05, 3.63) is 29.8 Å². The fourth-order valence-corrected chi connectivity index (χ4v) is 3.60. The molecule has 0 spiro atoms. The molecule has 4 heteroatoms. The van der Waals surface area contributed by atoms with Crippen LogP contribution in [0.2, 0.25) is 0 Å². The van der Waals surface area contributed by atoms with Gasteiger partial charge in [-0.3, -0.25) is 4.79 Å². The Morgan fingerprint density at radius 2 is 2.00 bits per heavy atom. The van der Waals surface area contributed by atoms with Crippen molar-refractivity contribution in [2.45, 2.75) is 29.5 Å². The molecule has 0 saturated heterocycles. The Balaban J connectivity index is 2.33. The Hall–Kier alpha value is -0.870. The van der Waals surface area contributed by atoms with Gasteiger partial charge in [0, 0.05) is 0 Å². The van der Waals surface area contributed by atoms with Crippen LogP contribution < -0.4 is 4.74 Å². The van der Waals surface area contributed by atoms with Crippen LogP contribution in [0, 0.1) is 0 Å². The smallest absolute Gasteiger partial charge is 0.157 e. The summed E-state index contributed by atoms with van der Waals surface area (Å²) >= 11 is 3.52. The Morgan fingerprint density at radius 1 is 1.35 bits per heavy atom. The molecule has 0 N–H and O–H groups in total. The number of nitrogens with zero attached hydrogens (tertiary/aromatic N) is 1. The van der Waals surface area contributed by atoms with E-state index in [2.05, 4.69) is 20.8 Å². The third kappa shape index (κ3) is 2.91. The third-order valence-corrected chi connectivity index (χ3v) is 5.08. The third-order valence-electron chi connectivity index (χ3n) is 4.21. The van der Waals surface area contributed by atoms with E-state index in [4.69, 9.17) is 4.74 Å². The molecule has 0 aliphatic heterocycles. The minimum Gasteiger partial charge on any atom is -0.497 e. The lowest BCUT2D eigenvalue weighted by Crippen LogP contribution is -2.36. The number of methoxy groups -OCH3 is 1. The summed E-state index contributed by atoms with van der Waals surface area (Å²) in [5, 5.41) is 0. The summed E-state index contributed by atoms with van der Waals surface area (Å²) in [6.45, 7) is 0.914. The summed E-state index contributed by atoms with van der Waals surface area (Å²) in [6, 6.07) is 7.97. The van der Waals surface area contributed by atoms with Gasteiger partial charge < -0.3 is 9.64 Å². The van der Waals surface area contributed by atoms with E-state index < -0.39 is 0 Å². The van der Waals surface area contributed by atoms with Gasteiger partial charge in [0.2, 0.25) is 0 Å². The van der Waals surface area contributed by atoms with Gasteiger partial charge in [-0.25, -0.2) is 0 Å². The second kappa shape index (κ2) is 6.27. The predicted octanol–water partition coefficient (Wildman–Crippen LogP) is 3.01. The molecule has 0 amide bonds. The predicted molar refractivity (Wildman–Crippen MR) is 84.8 cm³/mol. The van der Waals surface area contributed by atoms with Crippen LogP contribution >= 0.6 is 15.9 Å². The molecule has 1 fully saturated rings. The van der Waals surface area contributed by atoms with Crippen molar-refractivity contribution in [2.75, 3.05) is 27.7 Å². The van der Waals surface area contributed by atoms with Crippen molar-refractivity contribution >= 4 is 21.7 Å². The van der Waals surface area contributed by atoms with Gasteiger partial charge in [-0.15, -0.1) is 0 Å². The molecule has 2 atom stereocenters. The molecule has 1 aromatic rings. The molecular weight excluding hydrogens is 318 g/mol. The lowest BCUT2D eigenvalue weighted by atomic mass is 9.75. The number of ether oxygens (including phenoxy) is 1. The number of benzene rings is 1. The van der Waals surface area contributed by atoms with Crippen molar-refractivity contribution in [1.82, 2.24) is 4.90 Å². The molecule has 20 heavy (non-hydrogen) atoms. The summed E-state index contributed by atoms with van der Waals surface area (Å²) in [5.74, 6) is 1.15. The molecule has 0 bridgehead atoms. The molecule has 3 nitrogen and oxygen atoms in total. The van der Waals surface area contributed by atoms with Crippen molar-refractivity contribution in [2.24, 2.45) is 0 Å². The van der Waals surface area contributed by atoms with Crippen LogP contribution in [0.4, 0.5) is 0 Å². The first kappa shape index (κ1) is 15.5. The number of hydrogen-bond donors (Lipinski definition) is 0. The van der Waals surface area contributed by atoms with Crippen molar-refractivity contribution in [1.29, 1.82) is 0 Å². The summed E-state index contributed by atoms with van der Waals surface area (Å²) in [7, 11) is 5.76. The SMILES string of the molecule is COc1ccc(C2(CCN(C)C)CCC(Br)C2=O)cc1. The zero-order valence-corrected chi connectivity index (χ0v) is 13.9. The molecule has 1 aromatic carbocycles. The maximum absolute atomic E-state index is 12.7. The number of Topliss-reactive ketones (excluding diaryl/α,β-unsaturated/α-hetero) is 1. The molecular formula is C16H22BrNO2. The van der Waals surface area contributed by atoms with Crippen LogP contribution in [0.15, 0.2) is 24.3 Å². The topological polar surface area (TPSA) is 29.5 Å². The van der Waals surface area contributed by atoms with Crippen LogP contribution in [0.1, 0.15) is 24.8 Å². The summed E-state index contributed by atoms with van der Waals surface area (Å²) in [4.78, 5) is 14.8. The fourth-order valence-electron chi connectivity index (χ4n) is 2.93. The zero-order valence-electron chi connectivity index (χ0n) is 12.4. The number of hydrogen-bond acceptors (Lipinski definition) is 3. The van der Waals surface area contributed by atoms with E-state index in [9.17, 15) is 4.79 Å². The zero-order chi connectivity index (χ0) is 14.8. The summed E-state index contributed by atoms with van der Waals surface area (Å²) in [5.41, 5.74) is 0.775. The average Bonchev–Trinajstić information content (AvgIpc) is 2.74. The van der Waals surface area contributed by atoms with E-state index in [1.54, 1.807) is 7.11 Å². The van der Waals surface area contributed by atoms with E-state index in [1.807, 2.05) is 38.4 Å². The largest absolute Gasteiger partial charge is 0.497 e. The number of rotatable bonds is 5. The van der Waals surface area contributed by atoms with Gasteiger partial charge in [0.15, 0.2) is 5.78 Å². The van der Waals surface area contributed by atoms with E-state index in [0.717, 1.165) is 37.1 Å². The van der Waals surface area contributed by atoms with Gasteiger partial charge in [-0.05, 0) is 57.6 Å². The molecule has 2 rings (SSSR count). The Labute approximate surface area is 129 Å². The molecule has 1 saturated carbocycles. The summed E-state index contributed by atoms with van der Waals surface area (Å²) in [6.07, 6.45) is 2.70. The Bertz CT molecular complexity index is 472. The Morgan fingerprint density at radius 3 is 2.45 bits per heavy atom. The number of carbonyl (C=O) groups excluding carboxylic acids is 1. The maximum Gasteiger partial charge on any atom is 0.157 e. The van der Waals surface area contributed by atoms with E-state index in [1.165, 1.54) is 0 Å². The van der Waals surface area contributed by atoms with Crippen LogP contribution in [-0.4, -0.2) is 43.3 Å². The monoisotopic (exact) mass is 339 g/mol. The number of carbonyl (C=O) groups is 1. The summed E-state index contributed by atoms with van der Waals surface area (Å²) < 4.78 is 5.21. The second-order valence-corrected chi connectivity index (χ2v) is 6.84. The minimum absolute atomic E-state index is 0.00763. The van der Waals surface area contributed by atoms with E-state index >= 15 is 0 Å². The highest BCUT2D eigenvalue weighted by atomic mass is 79.9. The van der Waals surface area contributed by atoms with Crippen LogP contribution in [0.5, 0.6) is 5.75 Å². The highest BCUT2D eigenvalue weighted by Gasteiger charge is 2.47. The highest BCUT2D eigenvalue weighted by molar-refractivity contribution is 9.10. The van der Waals surface area contributed by atoms with Crippen molar-refractivity contribution < 1.29 is 9.53 Å². The number of ketones is 1. The van der Waals surface area contributed by atoms with Gasteiger partial charge >= 0.3 is 0 Å². The minimum atomic E-state index is -0.343. The van der Waals surface area contributed by atoms with E-state index in [-0.39, 0.29) is 10.2 Å². The average molecular weight is 340 g/mol. The normalized spacial score (nSPS) is 26.2. The number of halogens is 1. The fraction of sp³-hybridized carbons (Fsp3) is 0.562. The van der Waals surface area contributed by atoms with Crippen molar-refractivity contribution in [3.63, 3.8) is 0 Å². The second-order valence-electron chi connectivity index (χ2n) is 5.73. The first-order chi connectivity index (χ1) is 9.49. The van der Waals surface area contributed by atoms with Crippen LogP contribution in [0.25, 0.3) is 0 Å². The first-order valence-corrected chi connectivity index (χ1v) is 7.89.